The number of carbonyl (C=O) groups excluding carboxylic acids is 1. The Bertz CT molecular complexity index is 418. The molecule has 3 heteroatoms. The van der Waals surface area contributed by atoms with E-state index in [0.29, 0.717) is 41.8 Å². The van der Waals surface area contributed by atoms with Gasteiger partial charge in [-0.1, -0.05) is 20.8 Å². The zero-order valence-electron chi connectivity index (χ0n) is 12.1. The third-order valence-electron chi connectivity index (χ3n) is 6.24. The number of ether oxygens (including phenoxy) is 2. The average Bonchev–Trinajstić information content (AvgIpc) is 2.96. The van der Waals surface area contributed by atoms with Gasteiger partial charge in [0, 0.05) is 29.6 Å². The zero-order chi connectivity index (χ0) is 13.4. The van der Waals surface area contributed by atoms with Crippen LogP contribution in [0.4, 0.5) is 0 Å². The third-order valence-corrected chi connectivity index (χ3v) is 6.24. The highest BCUT2D eigenvalue weighted by molar-refractivity contribution is 5.85. The fourth-order valence-corrected chi connectivity index (χ4v) is 5.32. The summed E-state index contributed by atoms with van der Waals surface area (Å²) in [4.78, 5) is 12.2. The van der Waals surface area contributed by atoms with E-state index < -0.39 is 5.79 Å². The second kappa shape index (κ2) is 3.62. The molecule has 3 saturated carbocycles. The van der Waals surface area contributed by atoms with E-state index >= 15 is 0 Å². The predicted molar refractivity (Wildman–Crippen MR) is 70.4 cm³/mol. The lowest BCUT2D eigenvalue weighted by Crippen LogP contribution is -2.53. The monoisotopic (exact) mass is 264 g/mol. The highest BCUT2D eigenvalue weighted by atomic mass is 16.7. The number of rotatable bonds is 0. The lowest BCUT2D eigenvalue weighted by Gasteiger charge is -2.47. The normalized spacial score (nSPS) is 49.8. The first-order valence-electron chi connectivity index (χ1n) is 7.75. The van der Waals surface area contributed by atoms with E-state index in [1.165, 1.54) is 6.42 Å². The third kappa shape index (κ3) is 1.43. The molecular formula is C16H24O3. The van der Waals surface area contributed by atoms with Gasteiger partial charge in [0.05, 0.1) is 13.2 Å². The van der Waals surface area contributed by atoms with Gasteiger partial charge in [0.1, 0.15) is 5.78 Å². The zero-order valence-corrected chi connectivity index (χ0v) is 12.1. The van der Waals surface area contributed by atoms with Gasteiger partial charge in [0.15, 0.2) is 5.79 Å². The molecule has 3 aliphatic carbocycles. The number of Topliss-reactive ketones (excluding diaryl/α,β-unsaturated/α-hetero) is 1. The van der Waals surface area contributed by atoms with Crippen molar-refractivity contribution in [2.75, 3.05) is 13.2 Å². The first kappa shape index (κ1) is 12.3. The van der Waals surface area contributed by atoms with Crippen molar-refractivity contribution in [3.63, 3.8) is 0 Å². The van der Waals surface area contributed by atoms with E-state index in [1.807, 2.05) is 0 Å². The van der Waals surface area contributed by atoms with Crippen LogP contribution in [0.3, 0.4) is 0 Å². The maximum Gasteiger partial charge on any atom is 0.174 e. The van der Waals surface area contributed by atoms with Crippen LogP contribution in [0, 0.1) is 35.0 Å². The van der Waals surface area contributed by atoms with E-state index in [1.54, 1.807) is 0 Å². The van der Waals surface area contributed by atoms with Crippen molar-refractivity contribution in [2.24, 2.45) is 35.0 Å². The number of hydrogen-bond acceptors (Lipinski definition) is 3. The minimum Gasteiger partial charge on any atom is -0.349 e. The summed E-state index contributed by atoms with van der Waals surface area (Å²) in [5, 5.41) is 0. The van der Waals surface area contributed by atoms with Crippen LogP contribution in [0.2, 0.25) is 0 Å². The molecule has 106 valence electrons. The second-order valence-electron chi connectivity index (χ2n) is 7.95. The SMILES string of the molecule is C[C@@H]1[C@H]2CC[C@H]3C(=O)C[C@H]([C@@H]23)C12OCC(C)(C)CO2. The second-order valence-corrected chi connectivity index (χ2v) is 7.95. The Kier molecular flexibility index (Phi) is 2.35. The first-order chi connectivity index (χ1) is 8.95. The van der Waals surface area contributed by atoms with Crippen molar-refractivity contribution < 1.29 is 14.3 Å². The van der Waals surface area contributed by atoms with E-state index in [9.17, 15) is 4.79 Å². The lowest BCUT2D eigenvalue weighted by molar-refractivity contribution is -0.332. The molecule has 0 radical (unpaired) electrons. The molecule has 0 amide bonds. The molecule has 3 nitrogen and oxygen atoms in total. The lowest BCUT2D eigenvalue weighted by atomic mass is 9.88. The molecule has 1 saturated heterocycles. The summed E-state index contributed by atoms with van der Waals surface area (Å²) in [6.45, 7) is 8.16. The summed E-state index contributed by atoms with van der Waals surface area (Å²) in [7, 11) is 0. The minimum absolute atomic E-state index is 0.102. The molecule has 0 aromatic rings. The maximum atomic E-state index is 12.2. The van der Waals surface area contributed by atoms with Crippen LogP contribution in [0.25, 0.3) is 0 Å². The van der Waals surface area contributed by atoms with Gasteiger partial charge in [-0.25, -0.2) is 0 Å². The van der Waals surface area contributed by atoms with Crippen LogP contribution in [-0.2, 0) is 14.3 Å². The fraction of sp³-hybridized carbons (Fsp3) is 0.938. The van der Waals surface area contributed by atoms with Crippen LogP contribution in [0.1, 0.15) is 40.0 Å². The highest BCUT2D eigenvalue weighted by Gasteiger charge is 2.69. The van der Waals surface area contributed by atoms with Crippen LogP contribution in [0.5, 0.6) is 0 Å². The summed E-state index contributed by atoms with van der Waals surface area (Å²) in [5.41, 5.74) is 0.102. The van der Waals surface area contributed by atoms with Crippen molar-refractivity contribution >= 4 is 5.78 Å². The Balaban J connectivity index is 1.69. The molecule has 19 heavy (non-hydrogen) atoms. The van der Waals surface area contributed by atoms with Crippen molar-refractivity contribution in [1.29, 1.82) is 0 Å². The molecule has 0 bridgehead atoms. The molecule has 1 aliphatic heterocycles. The molecule has 0 aromatic heterocycles. The summed E-state index contributed by atoms with van der Waals surface area (Å²) in [5.74, 6) is 2.29. The summed E-state index contributed by atoms with van der Waals surface area (Å²) >= 11 is 0. The van der Waals surface area contributed by atoms with Gasteiger partial charge in [0.25, 0.3) is 0 Å². The Labute approximate surface area is 115 Å². The van der Waals surface area contributed by atoms with Crippen LogP contribution in [-0.4, -0.2) is 24.8 Å². The van der Waals surface area contributed by atoms with Crippen LogP contribution < -0.4 is 0 Å². The van der Waals surface area contributed by atoms with Crippen molar-refractivity contribution in [3.8, 4) is 0 Å². The van der Waals surface area contributed by atoms with Gasteiger partial charge < -0.3 is 9.47 Å². The summed E-state index contributed by atoms with van der Waals surface area (Å²) < 4.78 is 12.6. The number of ketones is 1. The average molecular weight is 264 g/mol. The van der Waals surface area contributed by atoms with Gasteiger partial charge in [-0.2, -0.15) is 0 Å². The molecule has 0 unspecified atom stereocenters. The van der Waals surface area contributed by atoms with Gasteiger partial charge in [-0.15, -0.1) is 0 Å². The summed E-state index contributed by atoms with van der Waals surface area (Å²) in [6, 6.07) is 0. The molecule has 4 rings (SSSR count). The summed E-state index contributed by atoms with van der Waals surface area (Å²) in [6.07, 6.45) is 2.99. The number of carbonyl (C=O) groups is 1. The molecule has 1 spiro atoms. The molecule has 1 heterocycles. The molecule has 4 fully saturated rings. The van der Waals surface area contributed by atoms with Crippen LogP contribution >= 0.6 is 0 Å². The Morgan fingerprint density at radius 2 is 1.84 bits per heavy atom. The molecule has 5 atom stereocenters. The molecule has 0 N–H and O–H groups in total. The van der Waals surface area contributed by atoms with E-state index in [2.05, 4.69) is 20.8 Å². The molecule has 4 aliphatic rings. The number of fused-ring (bicyclic) bond motifs is 1. The number of hydrogen-bond donors (Lipinski definition) is 0. The topological polar surface area (TPSA) is 35.5 Å². The van der Waals surface area contributed by atoms with Gasteiger partial charge in [0.2, 0.25) is 0 Å². The quantitative estimate of drug-likeness (QED) is 0.674. The minimum atomic E-state index is -0.449. The standard InChI is InChI=1S/C16H24O3/c1-9-10-4-5-11-13(17)6-12(14(10)11)16(9)18-7-15(2,3)8-19-16/h9-12,14H,4-8H2,1-3H3/t9-,10-,11+,12-,14+/m1/s1. The highest BCUT2D eigenvalue weighted by Crippen LogP contribution is 2.65. The van der Waals surface area contributed by atoms with E-state index in [-0.39, 0.29) is 5.41 Å². The maximum absolute atomic E-state index is 12.2. The molecule has 0 aromatic carbocycles. The van der Waals surface area contributed by atoms with Gasteiger partial charge in [-0.05, 0) is 24.7 Å². The Morgan fingerprint density at radius 1 is 1.16 bits per heavy atom. The largest absolute Gasteiger partial charge is 0.349 e. The van der Waals surface area contributed by atoms with Crippen molar-refractivity contribution in [1.82, 2.24) is 0 Å². The van der Waals surface area contributed by atoms with Crippen molar-refractivity contribution in [3.05, 3.63) is 0 Å². The van der Waals surface area contributed by atoms with Crippen LogP contribution in [0.15, 0.2) is 0 Å². The fourth-order valence-electron chi connectivity index (χ4n) is 5.32. The smallest absolute Gasteiger partial charge is 0.174 e. The molecular weight excluding hydrogens is 240 g/mol. The Hall–Kier alpha value is -0.410. The van der Waals surface area contributed by atoms with Gasteiger partial charge in [-0.3, -0.25) is 4.79 Å². The Morgan fingerprint density at radius 3 is 2.53 bits per heavy atom. The predicted octanol–water partition coefficient (Wildman–Crippen LogP) is 2.64. The van der Waals surface area contributed by atoms with Gasteiger partial charge >= 0.3 is 0 Å². The van der Waals surface area contributed by atoms with Crippen molar-refractivity contribution in [2.45, 2.75) is 45.8 Å². The van der Waals surface area contributed by atoms with E-state index in [0.717, 1.165) is 19.6 Å². The first-order valence-corrected chi connectivity index (χ1v) is 7.75. The van der Waals surface area contributed by atoms with E-state index in [4.69, 9.17) is 9.47 Å².